The third-order valence-corrected chi connectivity index (χ3v) is 7.84. The molecule has 8 nitrogen and oxygen atoms in total. The maximum absolute atomic E-state index is 13.0. The Hall–Kier alpha value is -3.13. The Kier molecular flexibility index (Phi) is 16.6. The molecule has 2 aromatic carbocycles. The van der Waals surface area contributed by atoms with E-state index in [0.29, 0.717) is 11.9 Å². The molecule has 0 unspecified atom stereocenters. The van der Waals surface area contributed by atoms with Crippen LogP contribution in [0.2, 0.25) is 0 Å². The number of unbranched alkanes of at least 4 members (excludes halogenated alkanes) is 15. The normalized spacial score (nSPS) is 12.6. The fraction of sp³-hybridized carbons (Fsp3) is 0.618. The number of carbonyl (C=O) groups excluding carboxylic acids is 2. The molecule has 2 amide bonds. The molecule has 0 aromatic heterocycles. The quantitative estimate of drug-likeness (QED) is 0.0937. The van der Waals surface area contributed by atoms with Crippen LogP contribution in [-0.4, -0.2) is 51.8 Å². The van der Waals surface area contributed by atoms with Crippen molar-refractivity contribution in [2.45, 2.75) is 129 Å². The van der Waals surface area contributed by atoms with E-state index >= 15 is 0 Å². The summed E-state index contributed by atoms with van der Waals surface area (Å²) in [5.41, 5.74) is -0.361. The second-order valence-corrected chi connectivity index (χ2v) is 11.5. The maximum atomic E-state index is 13.0. The van der Waals surface area contributed by atoms with Crippen molar-refractivity contribution in [1.82, 2.24) is 10.6 Å². The van der Waals surface area contributed by atoms with Gasteiger partial charge in [-0.25, -0.2) is 4.79 Å². The predicted molar refractivity (Wildman–Crippen MR) is 168 cm³/mol. The highest BCUT2D eigenvalue weighted by Crippen LogP contribution is 2.26. The average molecular weight is 585 g/mol. The zero-order valence-electron chi connectivity index (χ0n) is 25.6. The first-order chi connectivity index (χ1) is 20.3. The molecule has 0 aliphatic rings. The molecular weight excluding hydrogens is 532 g/mol. The molecule has 5 N–H and O–H groups in total. The zero-order chi connectivity index (χ0) is 30.7. The van der Waals surface area contributed by atoms with Crippen LogP contribution in [0.15, 0.2) is 30.3 Å². The number of hydrogen-bond donors (Lipinski definition) is 5. The van der Waals surface area contributed by atoms with E-state index in [1.54, 1.807) is 0 Å². The summed E-state index contributed by atoms with van der Waals surface area (Å²) < 4.78 is 0. The topological polar surface area (TPSA) is 136 Å². The number of aliphatic hydroxyl groups is 1. The number of amides is 2. The second kappa shape index (κ2) is 19.9. The standard InChI is InChI=1S/C34H52N2O6/c1-3-4-5-6-7-8-9-10-11-12-13-14-15-16-17-18-23-35-33(40)31(25(2)37)36-32(39)29-21-19-26-24-27(38)20-22-28(26)30(29)34(41)42/h19-22,24-25,31,37-38H,3-18,23H2,1-2H3,(H,35,40)(H,36,39)(H,41,42)/t25-,31+/m1/s1. The third kappa shape index (κ3) is 12.4. The summed E-state index contributed by atoms with van der Waals surface area (Å²) in [6.45, 7) is 4.10. The first-order valence-electron chi connectivity index (χ1n) is 16.0. The molecule has 234 valence electrons. The van der Waals surface area contributed by atoms with Crippen LogP contribution in [0.25, 0.3) is 10.8 Å². The lowest BCUT2D eigenvalue weighted by atomic mass is 9.97. The minimum atomic E-state index is -1.31. The summed E-state index contributed by atoms with van der Waals surface area (Å²) in [5, 5.41) is 35.7. The molecule has 42 heavy (non-hydrogen) atoms. The van der Waals surface area contributed by atoms with Crippen LogP contribution in [0.3, 0.4) is 0 Å². The Labute approximate surface area is 251 Å². The molecule has 0 fully saturated rings. The van der Waals surface area contributed by atoms with Gasteiger partial charge < -0.3 is 26.0 Å². The molecule has 0 bridgehead atoms. The SMILES string of the molecule is CCCCCCCCCCCCCCCCCCNC(=O)[C@@H](NC(=O)c1ccc2cc(O)ccc2c1C(=O)O)[C@@H](C)O. The van der Waals surface area contributed by atoms with Crippen LogP contribution in [0.4, 0.5) is 0 Å². The monoisotopic (exact) mass is 584 g/mol. The van der Waals surface area contributed by atoms with Crippen molar-refractivity contribution in [3.8, 4) is 5.75 Å². The Morgan fingerprint density at radius 1 is 0.762 bits per heavy atom. The van der Waals surface area contributed by atoms with Gasteiger partial charge in [-0.3, -0.25) is 9.59 Å². The highest BCUT2D eigenvalue weighted by atomic mass is 16.4. The minimum absolute atomic E-state index is 0.0220. The summed E-state index contributed by atoms with van der Waals surface area (Å²) in [4.78, 5) is 37.8. The van der Waals surface area contributed by atoms with Gasteiger partial charge in [-0.1, -0.05) is 109 Å². The Morgan fingerprint density at radius 2 is 1.29 bits per heavy atom. The van der Waals surface area contributed by atoms with Crippen molar-refractivity contribution in [2.24, 2.45) is 0 Å². The van der Waals surface area contributed by atoms with Crippen LogP contribution in [0, 0.1) is 0 Å². The van der Waals surface area contributed by atoms with Gasteiger partial charge in [0.15, 0.2) is 0 Å². The lowest BCUT2D eigenvalue weighted by Crippen LogP contribution is -2.52. The molecule has 2 atom stereocenters. The van der Waals surface area contributed by atoms with Gasteiger partial charge in [-0.15, -0.1) is 0 Å². The first-order valence-corrected chi connectivity index (χ1v) is 16.0. The Bertz CT molecular complexity index is 1120. The summed E-state index contributed by atoms with van der Waals surface area (Å²) in [6.07, 6.45) is 19.1. The molecule has 0 heterocycles. The Morgan fingerprint density at radius 3 is 1.79 bits per heavy atom. The number of hydrogen-bond acceptors (Lipinski definition) is 5. The van der Waals surface area contributed by atoms with Crippen molar-refractivity contribution in [1.29, 1.82) is 0 Å². The number of aliphatic hydroxyl groups excluding tert-OH is 1. The first kappa shape index (κ1) is 35.1. The number of rotatable bonds is 22. The van der Waals surface area contributed by atoms with E-state index in [2.05, 4.69) is 17.6 Å². The molecule has 0 saturated heterocycles. The van der Waals surface area contributed by atoms with Gasteiger partial charge in [-0.2, -0.15) is 0 Å². The molecule has 0 radical (unpaired) electrons. The number of carboxylic acids is 1. The number of phenols is 1. The van der Waals surface area contributed by atoms with Crippen LogP contribution < -0.4 is 10.6 Å². The predicted octanol–water partition coefficient (Wildman–Crippen LogP) is 7.10. The number of benzene rings is 2. The van der Waals surface area contributed by atoms with Crippen LogP contribution >= 0.6 is 0 Å². The summed E-state index contributed by atoms with van der Waals surface area (Å²) >= 11 is 0. The zero-order valence-corrected chi connectivity index (χ0v) is 25.6. The molecule has 8 heteroatoms. The van der Waals surface area contributed by atoms with Crippen molar-refractivity contribution >= 4 is 28.6 Å². The summed E-state index contributed by atoms with van der Waals surface area (Å²) in [7, 11) is 0. The lowest BCUT2D eigenvalue weighted by molar-refractivity contribution is -0.125. The van der Waals surface area contributed by atoms with E-state index in [0.717, 1.165) is 19.3 Å². The molecule has 0 saturated carbocycles. The number of carbonyl (C=O) groups is 3. The number of aromatic carboxylic acids is 1. The van der Waals surface area contributed by atoms with E-state index in [-0.39, 0.29) is 22.3 Å². The van der Waals surface area contributed by atoms with Gasteiger partial charge in [0.05, 0.1) is 17.2 Å². The van der Waals surface area contributed by atoms with Crippen molar-refractivity contribution in [2.75, 3.05) is 6.54 Å². The summed E-state index contributed by atoms with van der Waals surface area (Å²) in [6, 6.07) is 5.84. The lowest BCUT2D eigenvalue weighted by Gasteiger charge is -2.21. The average Bonchev–Trinajstić information content (AvgIpc) is 2.96. The van der Waals surface area contributed by atoms with Crippen LogP contribution in [-0.2, 0) is 4.79 Å². The second-order valence-electron chi connectivity index (χ2n) is 11.5. The highest BCUT2D eigenvalue weighted by Gasteiger charge is 2.28. The molecule has 2 aromatic rings. The fourth-order valence-corrected chi connectivity index (χ4v) is 5.36. The molecule has 0 aliphatic carbocycles. The maximum Gasteiger partial charge on any atom is 0.337 e. The van der Waals surface area contributed by atoms with E-state index in [1.807, 2.05) is 0 Å². The highest BCUT2D eigenvalue weighted by molar-refractivity contribution is 6.14. The van der Waals surface area contributed by atoms with Gasteiger partial charge >= 0.3 is 5.97 Å². The van der Waals surface area contributed by atoms with Crippen LogP contribution in [0.1, 0.15) is 137 Å². The smallest absolute Gasteiger partial charge is 0.337 e. The molecule has 0 spiro atoms. The minimum Gasteiger partial charge on any atom is -0.508 e. The van der Waals surface area contributed by atoms with Gasteiger partial charge in [0, 0.05) is 6.54 Å². The van der Waals surface area contributed by atoms with E-state index in [4.69, 9.17) is 0 Å². The fourth-order valence-electron chi connectivity index (χ4n) is 5.36. The molecule has 2 rings (SSSR count). The van der Waals surface area contributed by atoms with E-state index in [9.17, 15) is 29.7 Å². The largest absolute Gasteiger partial charge is 0.508 e. The molecule has 0 aliphatic heterocycles. The van der Waals surface area contributed by atoms with E-state index in [1.165, 1.54) is 121 Å². The summed E-state index contributed by atoms with van der Waals surface area (Å²) in [5.74, 6) is -2.61. The Balaban J connectivity index is 1.65. The van der Waals surface area contributed by atoms with Crippen molar-refractivity contribution < 1.29 is 29.7 Å². The third-order valence-electron chi connectivity index (χ3n) is 7.84. The number of nitrogens with one attached hydrogen (secondary N) is 2. The van der Waals surface area contributed by atoms with Gasteiger partial charge in [-0.05, 0) is 48.4 Å². The molecular formula is C34H52N2O6. The van der Waals surface area contributed by atoms with E-state index < -0.39 is 29.9 Å². The van der Waals surface area contributed by atoms with Crippen molar-refractivity contribution in [3.63, 3.8) is 0 Å². The number of fused-ring (bicyclic) bond motifs is 1. The van der Waals surface area contributed by atoms with Crippen molar-refractivity contribution in [3.05, 3.63) is 41.5 Å². The van der Waals surface area contributed by atoms with Gasteiger partial charge in [0.1, 0.15) is 11.8 Å². The van der Waals surface area contributed by atoms with Gasteiger partial charge in [0.2, 0.25) is 5.91 Å². The number of aromatic hydroxyl groups is 1. The number of phenolic OH excluding ortho intramolecular Hbond substituents is 1. The van der Waals surface area contributed by atoms with Gasteiger partial charge in [0.25, 0.3) is 5.91 Å². The number of carboxylic acid groups (broad SMARTS) is 1. The van der Waals surface area contributed by atoms with Crippen LogP contribution in [0.5, 0.6) is 5.75 Å².